The molecule has 0 unspecified atom stereocenters. The van der Waals surface area contributed by atoms with Crippen molar-refractivity contribution in [3.05, 3.63) is 41.1 Å². The van der Waals surface area contributed by atoms with E-state index in [9.17, 15) is 0 Å². The van der Waals surface area contributed by atoms with Crippen LogP contribution in [0.1, 0.15) is 16.8 Å². The molecule has 0 saturated carbocycles. The fourth-order valence-electron chi connectivity index (χ4n) is 1.76. The Bertz CT molecular complexity index is 552. The Morgan fingerprint density at radius 3 is 2.22 bits per heavy atom. The Morgan fingerprint density at radius 1 is 0.944 bits per heavy atom. The maximum absolute atomic E-state index is 5.02. The quantitative estimate of drug-likeness (QED) is 0.788. The third-order valence-corrected chi connectivity index (χ3v) is 3.70. The Morgan fingerprint density at radius 2 is 1.61 bits per heavy atom. The van der Waals surface area contributed by atoms with Crippen LogP contribution in [-0.4, -0.2) is 17.3 Å². The van der Waals surface area contributed by atoms with E-state index >= 15 is 0 Å². The molecule has 0 fully saturated rings. The SMILES string of the molecule is COSc1ccc(-c2nnc(C)c(C)c2C)cc1. The zero-order chi connectivity index (χ0) is 13.1. The lowest BCUT2D eigenvalue weighted by atomic mass is 10.0. The van der Waals surface area contributed by atoms with Crippen LogP contribution in [0.25, 0.3) is 11.3 Å². The van der Waals surface area contributed by atoms with Crippen molar-refractivity contribution in [3.8, 4) is 11.3 Å². The molecule has 1 aromatic carbocycles. The van der Waals surface area contributed by atoms with Crippen molar-refractivity contribution >= 4 is 12.0 Å². The normalized spacial score (nSPS) is 10.7. The number of benzene rings is 1. The van der Waals surface area contributed by atoms with Gasteiger partial charge in [0, 0.05) is 22.5 Å². The molecule has 3 nitrogen and oxygen atoms in total. The van der Waals surface area contributed by atoms with Crippen LogP contribution in [0.3, 0.4) is 0 Å². The van der Waals surface area contributed by atoms with Gasteiger partial charge in [0.25, 0.3) is 0 Å². The lowest BCUT2D eigenvalue weighted by molar-refractivity contribution is 0.490. The highest BCUT2D eigenvalue weighted by atomic mass is 32.2. The molecule has 0 spiro atoms. The summed E-state index contributed by atoms with van der Waals surface area (Å²) in [4.78, 5) is 1.08. The molecular formula is C14H16N2OS. The third-order valence-electron chi connectivity index (χ3n) is 3.07. The largest absolute Gasteiger partial charge is 0.314 e. The van der Waals surface area contributed by atoms with Crippen molar-refractivity contribution in [3.63, 3.8) is 0 Å². The first-order chi connectivity index (χ1) is 8.63. The second-order valence-electron chi connectivity index (χ2n) is 4.16. The molecule has 94 valence electrons. The molecule has 0 aliphatic heterocycles. The summed E-state index contributed by atoms with van der Waals surface area (Å²) in [5.74, 6) is 0. The highest BCUT2D eigenvalue weighted by molar-refractivity contribution is 7.94. The van der Waals surface area contributed by atoms with E-state index in [-0.39, 0.29) is 0 Å². The van der Waals surface area contributed by atoms with E-state index in [0.717, 1.165) is 21.8 Å². The average Bonchev–Trinajstić information content (AvgIpc) is 2.38. The molecule has 0 radical (unpaired) electrons. The number of aryl methyl sites for hydroxylation is 1. The second kappa shape index (κ2) is 5.50. The summed E-state index contributed by atoms with van der Waals surface area (Å²) in [5, 5.41) is 8.49. The molecule has 0 aliphatic carbocycles. The zero-order valence-corrected chi connectivity index (χ0v) is 11.8. The number of hydrogen-bond acceptors (Lipinski definition) is 4. The molecule has 0 saturated heterocycles. The van der Waals surface area contributed by atoms with Crippen LogP contribution in [0.4, 0.5) is 0 Å². The Kier molecular flexibility index (Phi) is 3.99. The Labute approximate surface area is 112 Å². The van der Waals surface area contributed by atoms with E-state index in [1.54, 1.807) is 7.11 Å². The van der Waals surface area contributed by atoms with Gasteiger partial charge in [-0.1, -0.05) is 12.1 Å². The Balaban J connectivity index is 2.40. The molecule has 0 atom stereocenters. The monoisotopic (exact) mass is 260 g/mol. The summed E-state index contributed by atoms with van der Waals surface area (Å²) in [7, 11) is 1.66. The summed E-state index contributed by atoms with van der Waals surface area (Å²) >= 11 is 1.35. The molecule has 0 N–H and O–H groups in total. The molecule has 0 amide bonds. The predicted molar refractivity (Wildman–Crippen MR) is 74.5 cm³/mol. The maximum Gasteiger partial charge on any atom is 0.0961 e. The lowest BCUT2D eigenvalue weighted by Crippen LogP contribution is -1.98. The highest BCUT2D eigenvalue weighted by Gasteiger charge is 2.09. The van der Waals surface area contributed by atoms with Crippen molar-refractivity contribution < 1.29 is 4.18 Å². The van der Waals surface area contributed by atoms with Gasteiger partial charge in [-0.3, -0.25) is 0 Å². The fourth-order valence-corrected chi connectivity index (χ4v) is 2.20. The molecule has 18 heavy (non-hydrogen) atoms. The van der Waals surface area contributed by atoms with Crippen molar-refractivity contribution in [1.29, 1.82) is 0 Å². The minimum absolute atomic E-state index is 0.951. The summed E-state index contributed by atoms with van der Waals surface area (Å²) in [6.45, 7) is 6.15. The zero-order valence-electron chi connectivity index (χ0n) is 11.0. The first-order valence-electron chi connectivity index (χ1n) is 5.75. The van der Waals surface area contributed by atoms with Crippen molar-refractivity contribution in [2.75, 3.05) is 7.11 Å². The highest BCUT2D eigenvalue weighted by Crippen LogP contribution is 2.26. The van der Waals surface area contributed by atoms with E-state index in [0.29, 0.717) is 0 Å². The van der Waals surface area contributed by atoms with Crippen molar-refractivity contribution in [1.82, 2.24) is 10.2 Å². The molecule has 1 heterocycles. The first-order valence-corrected chi connectivity index (χ1v) is 6.49. The minimum atomic E-state index is 0.951. The molecule has 2 rings (SSSR count). The molecular weight excluding hydrogens is 244 g/mol. The minimum Gasteiger partial charge on any atom is -0.314 e. The first kappa shape index (κ1) is 13.1. The van der Waals surface area contributed by atoms with Crippen LogP contribution in [0.2, 0.25) is 0 Å². The van der Waals surface area contributed by atoms with Gasteiger partial charge in [-0.25, -0.2) is 0 Å². The van der Waals surface area contributed by atoms with Gasteiger partial charge in [-0.15, -0.1) is 5.10 Å². The van der Waals surface area contributed by atoms with Gasteiger partial charge in [0.1, 0.15) is 0 Å². The topological polar surface area (TPSA) is 35.0 Å². The second-order valence-corrected chi connectivity index (χ2v) is 5.13. The number of rotatable bonds is 3. The van der Waals surface area contributed by atoms with Crippen LogP contribution in [-0.2, 0) is 4.18 Å². The van der Waals surface area contributed by atoms with Gasteiger partial charge in [0.15, 0.2) is 0 Å². The van der Waals surface area contributed by atoms with Gasteiger partial charge in [-0.2, -0.15) is 5.10 Å². The number of hydrogen-bond donors (Lipinski definition) is 0. The van der Waals surface area contributed by atoms with E-state index in [1.807, 2.05) is 31.2 Å². The van der Waals surface area contributed by atoms with Crippen LogP contribution in [0.5, 0.6) is 0 Å². The molecule has 4 heteroatoms. The van der Waals surface area contributed by atoms with Crippen molar-refractivity contribution in [2.24, 2.45) is 0 Å². The standard InChI is InChI=1S/C14H16N2OS/c1-9-10(2)14(16-15-11(9)3)12-5-7-13(8-6-12)18-17-4/h5-8H,1-4H3. The number of nitrogens with zero attached hydrogens (tertiary/aromatic N) is 2. The van der Waals surface area contributed by atoms with Crippen LogP contribution in [0.15, 0.2) is 29.2 Å². The van der Waals surface area contributed by atoms with Crippen molar-refractivity contribution in [2.45, 2.75) is 25.7 Å². The molecule has 1 aromatic heterocycles. The van der Waals surface area contributed by atoms with Gasteiger partial charge in [0.05, 0.1) is 18.5 Å². The number of aromatic nitrogens is 2. The van der Waals surface area contributed by atoms with Crippen LogP contribution < -0.4 is 0 Å². The average molecular weight is 260 g/mol. The third kappa shape index (κ3) is 2.54. The molecule has 0 bridgehead atoms. The molecule has 2 aromatic rings. The smallest absolute Gasteiger partial charge is 0.0961 e. The van der Waals surface area contributed by atoms with E-state index in [2.05, 4.69) is 24.0 Å². The maximum atomic E-state index is 5.02. The summed E-state index contributed by atoms with van der Waals surface area (Å²) in [6.07, 6.45) is 0. The van der Waals surface area contributed by atoms with Crippen LogP contribution in [0, 0.1) is 20.8 Å². The lowest BCUT2D eigenvalue weighted by Gasteiger charge is -2.09. The summed E-state index contributed by atoms with van der Waals surface area (Å²) in [5.41, 5.74) is 5.42. The molecule has 0 aliphatic rings. The van der Waals surface area contributed by atoms with Gasteiger partial charge in [0.2, 0.25) is 0 Å². The summed E-state index contributed by atoms with van der Waals surface area (Å²) < 4.78 is 5.02. The summed E-state index contributed by atoms with van der Waals surface area (Å²) in [6, 6.07) is 8.15. The van der Waals surface area contributed by atoms with Gasteiger partial charge in [-0.05, 0) is 44.0 Å². The predicted octanol–water partition coefficient (Wildman–Crippen LogP) is 3.72. The fraction of sp³-hybridized carbons (Fsp3) is 0.286. The van der Waals surface area contributed by atoms with Gasteiger partial charge < -0.3 is 4.18 Å². The van der Waals surface area contributed by atoms with E-state index < -0.39 is 0 Å². The Hall–Kier alpha value is -1.39. The van der Waals surface area contributed by atoms with Crippen LogP contribution >= 0.6 is 12.0 Å². The van der Waals surface area contributed by atoms with E-state index in [4.69, 9.17) is 4.18 Å². The van der Waals surface area contributed by atoms with E-state index in [1.165, 1.54) is 23.2 Å². The van der Waals surface area contributed by atoms with Gasteiger partial charge >= 0.3 is 0 Å².